The maximum atomic E-state index is 6.02. The van der Waals surface area contributed by atoms with Crippen molar-refractivity contribution in [1.29, 1.82) is 0 Å². The number of aromatic nitrogens is 2. The van der Waals surface area contributed by atoms with E-state index in [-0.39, 0.29) is 18.2 Å². The molecule has 35 heavy (non-hydrogen) atoms. The van der Waals surface area contributed by atoms with Crippen molar-refractivity contribution >= 4 is 28.1 Å². The predicted octanol–water partition coefficient (Wildman–Crippen LogP) is 5.79. The van der Waals surface area contributed by atoms with E-state index in [1.165, 1.54) is 33.4 Å². The zero-order chi connectivity index (χ0) is 23.9. The molecule has 0 spiro atoms. The number of hydrogen-bond donors (Lipinski definition) is 1. The lowest BCUT2D eigenvalue weighted by atomic mass is 9.96. The smallest absolute Gasteiger partial charge is 0.170 e. The second-order valence-electron chi connectivity index (χ2n) is 9.57. The lowest BCUT2D eigenvalue weighted by molar-refractivity contribution is 0.0842. The van der Waals surface area contributed by atoms with E-state index in [1.807, 2.05) is 18.3 Å². The van der Waals surface area contributed by atoms with Crippen molar-refractivity contribution in [3.63, 3.8) is 0 Å². The van der Waals surface area contributed by atoms with Crippen LogP contribution >= 0.6 is 12.2 Å². The van der Waals surface area contributed by atoms with Crippen molar-refractivity contribution in [2.24, 2.45) is 0 Å². The van der Waals surface area contributed by atoms with Gasteiger partial charge >= 0.3 is 0 Å². The van der Waals surface area contributed by atoms with Crippen molar-refractivity contribution in [3.8, 4) is 5.69 Å². The van der Waals surface area contributed by atoms with Crippen LogP contribution in [-0.4, -0.2) is 38.8 Å². The Morgan fingerprint density at radius 3 is 2.69 bits per heavy atom. The number of benzene rings is 2. The molecule has 6 rings (SSSR count). The molecule has 2 aliphatic heterocycles. The molecule has 0 amide bonds. The van der Waals surface area contributed by atoms with Gasteiger partial charge in [0.2, 0.25) is 0 Å². The van der Waals surface area contributed by atoms with Gasteiger partial charge < -0.3 is 19.5 Å². The molecule has 0 radical (unpaired) electrons. The van der Waals surface area contributed by atoms with E-state index in [0.29, 0.717) is 0 Å². The summed E-state index contributed by atoms with van der Waals surface area (Å²) in [6, 6.07) is 23.6. The van der Waals surface area contributed by atoms with Crippen molar-refractivity contribution in [1.82, 2.24) is 19.8 Å². The molecule has 6 heteroatoms. The molecule has 0 bridgehead atoms. The summed E-state index contributed by atoms with van der Waals surface area (Å²) in [5.74, 6) is 0. The van der Waals surface area contributed by atoms with Gasteiger partial charge in [0, 0.05) is 36.1 Å². The first-order valence-electron chi connectivity index (χ1n) is 12.4. The summed E-state index contributed by atoms with van der Waals surface area (Å²) in [5, 5.41) is 6.87. The molecule has 3 atom stereocenters. The van der Waals surface area contributed by atoms with Gasteiger partial charge in [0.25, 0.3) is 0 Å². The minimum atomic E-state index is -0.0217. The molecule has 2 aromatic carbocycles. The van der Waals surface area contributed by atoms with E-state index in [1.54, 1.807) is 0 Å². The first-order valence-corrected chi connectivity index (χ1v) is 12.8. The van der Waals surface area contributed by atoms with Crippen LogP contribution in [-0.2, 0) is 4.74 Å². The van der Waals surface area contributed by atoms with E-state index in [9.17, 15) is 0 Å². The van der Waals surface area contributed by atoms with E-state index >= 15 is 0 Å². The Morgan fingerprint density at radius 2 is 1.89 bits per heavy atom. The highest BCUT2D eigenvalue weighted by atomic mass is 32.1. The number of pyridine rings is 1. The quantitative estimate of drug-likeness (QED) is 0.365. The topological polar surface area (TPSA) is 42.3 Å². The predicted molar refractivity (Wildman–Crippen MR) is 144 cm³/mol. The van der Waals surface area contributed by atoms with Gasteiger partial charge in [-0.05, 0) is 74.1 Å². The molecular weight excluding hydrogens is 452 g/mol. The highest BCUT2D eigenvalue weighted by Crippen LogP contribution is 2.42. The van der Waals surface area contributed by atoms with Crippen LogP contribution in [0.4, 0.5) is 0 Å². The second kappa shape index (κ2) is 9.10. The summed E-state index contributed by atoms with van der Waals surface area (Å²) in [5.41, 5.74) is 5.93. The van der Waals surface area contributed by atoms with Crippen molar-refractivity contribution < 1.29 is 4.74 Å². The fourth-order valence-corrected chi connectivity index (χ4v) is 6.12. The second-order valence-corrected chi connectivity index (χ2v) is 9.96. The fourth-order valence-electron chi connectivity index (χ4n) is 5.81. The highest BCUT2D eigenvalue weighted by molar-refractivity contribution is 7.80. The zero-order valence-electron chi connectivity index (χ0n) is 20.1. The molecule has 4 heterocycles. The van der Waals surface area contributed by atoms with Crippen LogP contribution in [0.3, 0.4) is 0 Å². The molecule has 0 unspecified atom stereocenters. The molecule has 2 aromatic heterocycles. The molecule has 2 aliphatic rings. The van der Waals surface area contributed by atoms with E-state index in [0.717, 1.165) is 36.8 Å². The van der Waals surface area contributed by atoms with Gasteiger partial charge in [-0.3, -0.25) is 4.98 Å². The monoisotopic (exact) mass is 482 g/mol. The van der Waals surface area contributed by atoms with Crippen LogP contribution in [0, 0.1) is 13.8 Å². The van der Waals surface area contributed by atoms with Gasteiger partial charge in [0.15, 0.2) is 5.11 Å². The summed E-state index contributed by atoms with van der Waals surface area (Å²) >= 11 is 5.89. The molecule has 2 fully saturated rings. The van der Waals surface area contributed by atoms with Crippen molar-refractivity contribution in [3.05, 3.63) is 95.6 Å². The lowest BCUT2D eigenvalue weighted by Gasteiger charge is -2.30. The summed E-state index contributed by atoms with van der Waals surface area (Å²) < 4.78 is 8.40. The third kappa shape index (κ3) is 3.91. The van der Waals surface area contributed by atoms with Gasteiger partial charge in [0.1, 0.15) is 0 Å². The fraction of sp³-hybridized carbons (Fsp3) is 0.310. The Kier molecular flexibility index (Phi) is 5.78. The number of thiocarbonyl (C=S) groups is 1. The van der Waals surface area contributed by atoms with Gasteiger partial charge in [-0.25, -0.2) is 0 Å². The number of nitrogens with one attached hydrogen (secondary N) is 1. The number of rotatable bonds is 5. The number of hydrogen-bond acceptors (Lipinski definition) is 3. The summed E-state index contributed by atoms with van der Waals surface area (Å²) in [6.45, 7) is 6.05. The minimum absolute atomic E-state index is 0.0217. The maximum Gasteiger partial charge on any atom is 0.170 e. The Balaban J connectivity index is 1.48. The van der Waals surface area contributed by atoms with Crippen LogP contribution in [0.25, 0.3) is 16.5 Å². The molecule has 4 aromatic rings. The van der Waals surface area contributed by atoms with Gasteiger partial charge in [0.05, 0.1) is 29.6 Å². The average Bonchev–Trinajstić information content (AvgIpc) is 3.58. The Hall–Kier alpha value is -3.22. The van der Waals surface area contributed by atoms with E-state index < -0.39 is 0 Å². The number of ether oxygens (including phenoxy) is 1. The minimum Gasteiger partial charge on any atom is -0.376 e. The Labute approximate surface area is 211 Å². The lowest BCUT2D eigenvalue weighted by Crippen LogP contribution is -2.36. The first kappa shape index (κ1) is 22.3. The average molecular weight is 483 g/mol. The van der Waals surface area contributed by atoms with Crippen LogP contribution < -0.4 is 5.32 Å². The molecule has 178 valence electrons. The third-order valence-electron chi connectivity index (χ3n) is 7.42. The SMILES string of the molecule is Cc1cc([C@H]2[C@H](c3ccccn3)NC(=S)N2C[C@@H]2CCCO2)c(C)n1-c1cccc2ccccc12. The largest absolute Gasteiger partial charge is 0.376 e. The van der Waals surface area contributed by atoms with Crippen molar-refractivity contribution in [2.75, 3.05) is 13.2 Å². The normalized spacial score (nSPS) is 22.2. The van der Waals surface area contributed by atoms with Crippen LogP contribution in [0.15, 0.2) is 72.9 Å². The maximum absolute atomic E-state index is 6.02. The summed E-state index contributed by atoms with van der Waals surface area (Å²) in [6.07, 6.45) is 4.26. The van der Waals surface area contributed by atoms with Gasteiger partial charge in [-0.2, -0.15) is 0 Å². The van der Waals surface area contributed by atoms with E-state index in [4.69, 9.17) is 21.9 Å². The van der Waals surface area contributed by atoms with Gasteiger partial charge in [-0.1, -0.05) is 42.5 Å². The van der Waals surface area contributed by atoms with Crippen LogP contribution in [0.1, 0.15) is 47.6 Å². The number of nitrogens with zero attached hydrogens (tertiary/aromatic N) is 3. The molecule has 5 nitrogen and oxygen atoms in total. The first-order chi connectivity index (χ1) is 17.1. The summed E-state index contributed by atoms with van der Waals surface area (Å²) in [7, 11) is 0. The Bertz CT molecular complexity index is 1370. The van der Waals surface area contributed by atoms with Gasteiger partial charge in [-0.15, -0.1) is 0 Å². The Morgan fingerprint density at radius 1 is 1.06 bits per heavy atom. The van der Waals surface area contributed by atoms with Crippen LogP contribution in [0.5, 0.6) is 0 Å². The highest BCUT2D eigenvalue weighted by Gasteiger charge is 2.42. The molecule has 1 N–H and O–H groups in total. The summed E-state index contributed by atoms with van der Waals surface area (Å²) in [4.78, 5) is 7.04. The standard InChI is InChI=1S/C29H30N4OS/c1-19-17-24(20(2)33(19)26-14-7-10-21-9-3-4-12-23(21)26)28-27(25-13-5-6-15-30-25)31-29(35)32(28)18-22-11-8-16-34-22/h3-7,9-10,12-15,17,22,27-28H,8,11,16,18H2,1-2H3,(H,31,35)/t22-,27-,28-/m0/s1. The number of aryl methyl sites for hydroxylation is 1. The third-order valence-corrected chi connectivity index (χ3v) is 7.77. The molecule has 0 aliphatic carbocycles. The van der Waals surface area contributed by atoms with Crippen molar-refractivity contribution in [2.45, 2.75) is 44.9 Å². The van der Waals surface area contributed by atoms with E-state index in [2.05, 4.69) is 83.2 Å². The molecule has 2 saturated heterocycles. The van der Waals surface area contributed by atoms with Crippen LogP contribution in [0.2, 0.25) is 0 Å². The number of fused-ring (bicyclic) bond motifs is 1. The molecule has 0 saturated carbocycles. The zero-order valence-corrected chi connectivity index (χ0v) is 21.0. The molecular formula is C29H30N4OS.